The molecule has 26 heavy (non-hydrogen) atoms. The molecule has 1 aliphatic rings. The summed E-state index contributed by atoms with van der Waals surface area (Å²) in [5, 5.41) is 3.20. The Labute approximate surface area is 162 Å². The molecule has 0 radical (unpaired) electrons. The first kappa shape index (κ1) is 22.7. The number of nitrogens with one attached hydrogen (secondary N) is 1. The first-order valence-electron chi connectivity index (χ1n) is 9.08. The fourth-order valence-corrected chi connectivity index (χ4v) is 3.07. The molecule has 148 valence electrons. The predicted octanol–water partition coefficient (Wildman–Crippen LogP) is 2.41. The Bertz CT molecular complexity index is 539. The van der Waals surface area contributed by atoms with Crippen molar-refractivity contribution in [1.82, 2.24) is 15.1 Å². The highest BCUT2D eigenvalue weighted by Crippen LogP contribution is 2.20. The maximum absolute atomic E-state index is 13.5. The van der Waals surface area contributed by atoms with Crippen LogP contribution in [0, 0.1) is 11.7 Å². The summed E-state index contributed by atoms with van der Waals surface area (Å²) in [6.45, 7) is 4.23. The molecule has 1 aromatic carbocycles. The van der Waals surface area contributed by atoms with Crippen LogP contribution < -0.4 is 10.1 Å². The van der Waals surface area contributed by atoms with Crippen molar-refractivity contribution in [2.75, 3.05) is 53.4 Å². The summed E-state index contributed by atoms with van der Waals surface area (Å²) in [5.41, 5.74) is 0. The van der Waals surface area contributed by atoms with E-state index in [9.17, 15) is 9.18 Å². The average Bonchev–Trinajstić information content (AvgIpc) is 2.62. The molecular formula is C19H31ClFN3O2. The van der Waals surface area contributed by atoms with Gasteiger partial charge < -0.3 is 15.0 Å². The molecule has 7 heteroatoms. The van der Waals surface area contributed by atoms with E-state index in [4.69, 9.17) is 4.74 Å². The summed E-state index contributed by atoms with van der Waals surface area (Å²) in [7, 11) is 3.76. The van der Waals surface area contributed by atoms with Crippen LogP contribution in [0.4, 0.5) is 4.39 Å². The molecule has 1 amide bonds. The Morgan fingerprint density at radius 1 is 1.35 bits per heavy atom. The number of para-hydroxylation sites is 1. The zero-order chi connectivity index (χ0) is 18.1. The molecule has 0 unspecified atom stereocenters. The van der Waals surface area contributed by atoms with E-state index in [-0.39, 0.29) is 36.5 Å². The molecule has 0 aromatic heterocycles. The van der Waals surface area contributed by atoms with Gasteiger partial charge in [-0.1, -0.05) is 12.1 Å². The summed E-state index contributed by atoms with van der Waals surface area (Å²) in [6.07, 6.45) is 3.54. The first-order valence-corrected chi connectivity index (χ1v) is 9.08. The fourth-order valence-electron chi connectivity index (χ4n) is 3.07. The van der Waals surface area contributed by atoms with Crippen molar-refractivity contribution < 1.29 is 13.9 Å². The normalized spacial score (nSPS) is 15.3. The van der Waals surface area contributed by atoms with Crippen LogP contribution in [0.2, 0.25) is 0 Å². The van der Waals surface area contributed by atoms with Gasteiger partial charge in [-0.3, -0.25) is 9.69 Å². The quantitative estimate of drug-likeness (QED) is 0.706. The number of likely N-dealkylation sites (N-methyl/N-ethyl adjacent to an activating group) is 1. The molecule has 1 aliphatic heterocycles. The number of carbonyl (C=O) groups is 1. The standard InChI is InChI=1S/C19H30FN3O2.ClH/c1-21-10-7-16-8-11-23(12-9-16)15-19(24)22(2)13-14-25-18-6-4-3-5-17(18)20;/h3-6,16,21H,7-15H2,1-2H3;1H. The van der Waals surface area contributed by atoms with Gasteiger partial charge in [0.2, 0.25) is 5.91 Å². The molecule has 0 spiro atoms. The van der Waals surface area contributed by atoms with Crippen molar-refractivity contribution in [2.45, 2.75) is 19.3 Å². The van der Waals surface area contributed by atoms with E-state index in [1.165, 1.54) is 12.5 Å². The largest absolute Gasteiger partial charge is 0.489 e. The minimum Gasteiger partial charge on any atom is -0.489 e. The van der Waals surface area contributed by atoms with Crippen LogP contribution in [0.3, 0.4) is 0 Å². The number of nitrogens with zero attached hydrogens (tertiary/aromatic N) is 2. The van der Waals surface area contributed by atoms with Crippen molar-refractivity contribution >= 4 is 18.3 Å². The van der Waals surface area contributed by atoms with Gasteiger partial charge in [-0.15, -0.1) is 12.4 Å². The third-order valence-electron chi connectivity index (χ3n) is 4.82. The molecule has 0 aliphatic carbocycles. The summed E-state index contributed by atoms with van der Waals surface area (Å²) in [4.78, 5) is 16.2. The van der Waals surface area contributed by atoms with Gasteiger partial charge >= 0.3 is 0 Å². The number of likely N-dealkylation sites (tertiary alicyclic amines) is 1. The predicted molar refractivity (Wildman–Crippen MR) is 104 cm³/mol. The van der Waals surface area contributed by atoms with E-state index in [2.05, 4.69) is 10.2 Å². The Balaban J connectivity index is 0.00000338. The number of halogens is 2. The summed E-state index contributed by atoms with van der Waals surface area (Å²) < 4.78 is 18.9. The number of piperidine rings is 1. The zero-order valence-corrected chi connectivity index (χ0v) is 16.6. The van der Waals surface area contributed by atoms with Crippen molar-refractivity contribution in [1.29, 1.82) is 0 Å². The van der Waals surface area contributed by atoms with E-state index in [0.717, 1.165) is 38.4 Å². The van der Waals surface area contributed by atoms with E-state index in [1.807, 2.05) is 7.05 Å². The average molecular weight is 388 g/mol. The highest BCUT2D eigenvalue weighted by Gasteiger charge is 2.21. The molecule has 5 nitrogen and oxygen atoms in total. The van der Waals surface area contributed by atoms with Crippen LogP contribution in [0.15, 0.2) is 24.3 Å². The van der Waals surface area contributed by atoms with E-state index in [1.54, 1.807) is 30.1 Å². The molecule has 2 rings (SSSR count). The first-order chi connectivity index (χ1) is 12.1. The third-order valence-corrected chi connectivity index (χ3v) is 4.82. The SMILES string of the molecule is CNCCC1CCN(CC(=O)N(C)CCOc2ccccc2F)CC1.Cl. The number of hydrogen-bond donors (Lipinski definition) is 1. The van der Waals surface area contributed by atoms with Crippen molar-refractivity contribution in [3.8, 4) is 5.75 Å². The molecule has 0 atom stereocenters. The Morgan fingerprint density at radius 3 is 2.69 bits per heavy atom. The highest BCUT2D eigenvalue weighted by atomic mass is 35.5. The molecule has 1 saturated heterocycles. The van der Waals surface area contributed by atoms with Crippen molar-refractivity contribution in [3.05, 3.63) is 30.1 Å². The van der Waals surface area contributed by atoms with Crippen LogP contribution in [0.5, 0.6) is 5.75 Å². The van der Waals surface area contributed by atoms with Gasteiger partial charge in [-0.2, -0.15) is 0 Å². The lowest BCUT2D eigenvalue weighted by Gasteiger charge is -2.32. The maximum Gasteiger partial charge on any atom is 0.236 e. The number of amides is 1. The second-order valence-corrected chi connectivity index (χ2v) is 6.71. The van der Waals surface area contributed by atoms with E-state index in [0.29, 0.717) is 13.1 Å². The lowest BCUT2D eigenvalue weighted by molar-refractivity contribution is -0.131. The summed E-state index contributed by atoms with van der Waals surface area (Å²) in [6, 6.07) is 6.31. The lowest BCUT2D eigenvalue weighted by atomic mass is 9.93. The topological polar surface area (TPSA) is 44.8 Å². The number of benzene rings is 1. The van der Waals surface area contributed by atoms with Crippen LogP contribution >= 0.6 is 12.4 Å². The van der Waals surface area contributed by atoms with Gasteiger partial charge in [0.05, 0.1) is 13.1 Å². The second-order valence-electron chi connectivity index (χ2n) is 6.71. The van der Waals surface area contributed by atoms with Crippen molar-refractivity contribution in [2.24, 2.45) is 5.92 Å². The van der Waals surface area contributed by atoms with E-state index >= 15 is 0 Å². The van der Waals surface area contributed by atoms with Gasteiger partial charge in [0.15, 0.2) is 11.6 Å². The van der Waals surface area contributed by atoms with Crippen LogP contribution in [-0.4, -0.2) is 69.1 Å². The fraction of sp³-hybridized carbons (Fsp3) is 0.632. The number of rotatable bonds is 9. The van der Waals surface area contributed by atoms with Gasteiger partial charge in [0.25, 0.3) is 0 Å². The maximum atomic E-state index is 13.5. The van der Waals surface area contributed by atoms with Gasteiger partial charge in [-0.05, 0) is 64.0 Å². The molecule has 1 aromatic rings. The Kier molecular flexibility index (Phi) is 10.5. The van der Waals surface area contributed by atoms with E-state index < -0.39 is 0 Å². The third kappa shape index (κ3) is 7.48. The smallest absolute Gasteiger partial charge is 0.236 e. The molecular weight excluding hydrogens is 357 g/mol. The summed E-state index contributed by atoms with van der Waals surface area (Å²) >= 11 is 0. The molecule has 1 N–H and O–H groups in total. The van der Waals surface area contributed by atoms with Gasteiger partial charge in [0, 0.05) is 7.05 Å². The van der Waals surface area contributed by atoms with Gasteiger partial charge in [0.1, 0.15) is 6.61 Å². The summed E-state index contributed by atoms with van der Waals surface area (Å²) in [5.74, 6) is 0.709. The molecule has 1 fully saturated rings. The minimum atomic E-state index is -0.377. The van der Waals surface area contributed by atoms with Crippen LogP contribution in [0.1, 0.15) is 19.3 Å². The highest BCUT2D eigenvalue weighted by molar-refractivity contribution is 5.85. The van der Waals surface area contributed by atoms with Gasteiger partial charge in [-0.25, -0.2) is 4.39 Å². The number of carbonyl (C=O) groups excluding carboxylic acids is 1. The second kappa shape index (κ2) is 12.1. The van der Waals surface area contributed by atoms with Crippen molar-refractivity contribution in [3.63, 3.8) is 0 Å². The monoisotopic (exact) mass is 387 g/mol. The molecule has 0 saturated carbocycles. The molecule has 1 heterocycles. The Hall–Kier alpha value is -1.37. The number of hydrogen-bond acceptors (Lipinski definition) is 4. The zero-order valence-electron chi connectivity index (χ0n) is 15.7. The van der Waals surface area contributed by atoms with Crippen LogP contribution in [-0.2, 0) is 4.79 Å². The Morgan fingerprint density at radius 2 is 2.04 bits per heavy atom. The lowest BCUT2D eigenvalue weighted by Crippen LogP contribution is -2.43. The minimum absolute atomic E-state index is 0. The number of ether oxygens (including phenoxy) is 1. The van der Waals surface area contributed by atoms with Crippen LogP contribution in [0.25, 0.3) is 0 Å². The molecule has 0 bridgehead atoms.